The molecule has 0 atom stereocenters. The average molecular weight is 412 g/mol. The van der Waals surface area contributed by atoms with Gasteiger partial charge in [0.2, 0.25) is 0 Å². The van der Waals surface area contributed by atoms with E-state index >= 15 is 0 Å². The molecule has 0 spiro atoms. The molecule has 0 amide bonds. The van der Waals surface area contributed by atoms with Crippen LogP contribution in [0.1, 0.15) is 35.0 Å². The number of benzene rings is 1. The van der Waals surface area contributed by atoms with Crippen molar-refractivity contribution >= 4 is 35.1 Å². The fourth-order valence-corrected chi connectivity index (χ4v) is 3.09. The van der Waals surface area contributed by atoms with Crippen molar-refractivity contribution in [3.63, 3.8) is 0 Å². The van der Waals surface area contributed by atoms with Gasteiger partial charge in [0.15, 0.2) is 0 Å². The summed E-state index contributed by atoms with van der Waals surface area (Å²) in [4.78, 5) is 34.9. The van der Waals surface area contributed by atoms with E-state index in [0.717, 1.165) is 5.56 Å². The average Bonchev–Trinajstić information content (AvgIpc) is 2.64. The Bertz CT molecular complexity index is 890. The number of aryl methyl sites for hydroxylation is 1. The summed E-state index contributed by atoms with van der Waals surface area (Å²) in [6, 6.07) is 8.40. The SMILES string of the molecule is COC(=O)c1ccc(CCCn2c(COC(C)=O)c(Cl)cc(Cl)c2=O)cc1. The van der Waals surface area contributed by atoms with Crippen LogP contribution in [0.5, 0.6) is 0 Å². The molecule has 0 unspecified atom stereocenters. The van der Waals surface area contributed by atoms with Gasteiger partial charge >= 0.3 is 11.9 Å². The zero-order chi connectivity index (χ0) is 20.0. The number of aromatic nitrogens is 1. The highest BCUT2D eigenvalue weighted by molar-refractivity contribution is 6.34. The van der Waals surface area contributed by atoms with Crippen LogP contribution in [0.15, 0.2) is 35.1 Å². The molecule has 144 valence electrons. The number of carbonyl (C=O) groups is 2. The number of nitrogens with zero attached hydrogens (tertiary/aromatic N) is 1. The predicted molar refractivity (Wildman–Crippen MR) is 102 cm³/mol. The molecule has 27 heavy (non-hydrogen) atoms. The van der Waals surface area contributed by atoms with Crippen LogP contribution < -0.4 is 5.56 Å². The van der Waals surface area contributed by atoms with Crippen LogP contribution in [-0.4, -0.2) is 23.6 Å². The molecule has 2 aromatic rings. The summed E-state index contributed by atoms with van der Waals surface area (Å²) in [6.07, 6.45) is 1.30. The molecule has 6 nitrogen and oxygen atoms in total. The van der Waals surface area contributed by atoms with Gasteiger partial charge in [-0.2, -0.15) is 0 Å². The van der Waals surface area contributed by atoms with Crippen molar-refractivity contribution in [3.8, 4) is 0 Å². The minimum atomic E-state index is -0.467. The standard InChI is InChI=1S/C19H19Cl2NO5/c1-12(23)27-11-17-15(20)10-16(21)18(24)22(17)9-3-4-13-5-7-14(8-6-13)19(25)26-2/h5-8,10H,3-4,9,11H2,1-2H3. The highest BCUT2D eigenvalue weighted by Crippen LogP contribution is 2.20. The quantitative estimate of drug-likeness (QED) is 0.650. The van der Waals surface area contributed by atoms with E-state index in [0.29, 0.717) is 30.6 Å². The third-order valence-corrected chi connectivity index (χ3v) is 4.54. The van der Waals surface area contributed by atoms with Gasteiger partial charge in [-0.05, 0) is 36.6 Å². The predicted octanol–water partition coefficient (Wildman–Crippen LogP) is 3.64. The summed E-state index contributed by atoms with van der Waals surface area (Å²) in [5, 5.41) is 0.275. The third kappa shape index (κ3) is 5.58. The van der Waals surface area contributed by atoms with Crippen LogP contribution in [0.3, 0.4) is 0 Å². The summed E-state index contributed by atoms with van der Waals surface area (Å²) < 4.78 is 11.1. The maximum atomic E-state index is 12.4. The molecule has 0 saturated carbocycles. The molecule has 0 aliphatic carbocycles. The molecule has 0 saturated heterocycles. The van der Waals surface area contributed by atoms with Gasteiger partial charge in [-0.25, -0.2) is 4.79 Å². The monoisotopic (exact) mass is 411 g/mol. The fraction of sp³-hybridized carbons (Fsp3) is 0.316. The van der Waals surface area contributed by atoms with Crippen molar-refractivity contribution in [1.82, 2.24) is 4.57 Å². The number of ether oxygens (including phenoxy) is 2. The Morgan fingerprint density at radius 2 is 1.78 bits per heavy atom. The van der Waals surface area contributed by atoms with E-state index in [9.17, 15) is 14.4 Å². The van der Waals surface area contributed by atoms with Gasteiger partial charge in [-0.15, -0.1) is 0 Å². The number of methoxy groups -OCH3 is 1. The number of esters is 2. The van der Waals surface area contributed by atoms with E-state index in [1.807, 2.05) is 12.1 Å². The number of rotatable bonds is 7. The van der Waals surface area contributed by atoms with E-state index in [2.05, 4.69) is 4.74 Å². The summed E-state index contributed by atoms with van der Waals surface area (Å²) >= 11 is 12.1. The topological polar surface area (TPSA) is 74.6 Å². The Morgan fingerprint density at radius 3 is 2.37 bits per heavy atom. The number of hydrogen-bond acceptors (Lipinski definition) is 5. The molecule has 1 aromatic carbocycles. The molecule has 0 aliphatic rings. The second-order valence-electron chi connectivity index (χ2n) is 5.82. The van der Waals surface area contributed by atoms with Crippen molar-refractivity contribution in [3.05, 3.63) is 67.6 Å². The van der Waals surface area contributed by atoms with Crippen LogP contribution in [0.25, 0.3) is 0 Å². The molecule has 0 fully saturated rings. The number of hydrogen-bond donors (Lipinski definition) is 0. The number of pyridine rings is 1. The van der Waals surface area contributed by atoms with Crippen molar-refractivity contribution in [2.75, 3.05) is 7.11 Å². The highest BCUT2D eigenvalue weighted by atomic mass is 35.5. The first-order valence-electron chi connectivity index (χ1n) is 8.21. The third-order valence-electron chi connectivity index (χ3n) is 3.94. The van der Waals surface area contributed by atoms with Crippen molar-refractivity contribution in [1.29, 1.82) is 0 Å². The lowest BCUT2D eigenvalue weighted by Gasteiger charge is -2.15. The lowest BCUT2D eigenvalue weighted by Crippen LogP contribution is -2.25. The van der Waals surface area contributed by atoms with Gasteiger partial charge in [-0.1, -0.05) is 35.3 Å². The van der Waals surface area contributed by atoms with Gasteiger partial charge in [0.25, 0.3) is 5.56 Å². The summed E-state index contributed by atoms with van der Waals surface area (Å²) in [6.45, 7) is 1.53. The van der Waals surface area contributed by atoms with Crippen LogP contribution in [0.4, 0.5) is 0 Å². The van der Waals surface area contributed by atoms with Crippen molar-refractivity contribution in [2.24, 2.45) is 0 Å². The first kappa shape index (κ1) is 21.0. The van der Waals surface area contributed by atoms with Gasteiger partial charge in [0.05, 0.1) is 23.4 Å². The summed E-state index contributed by atoms with van der Waals surface area (Å²) in [5.41, 5.74) is 1.50. The van der Waals surface area contributed by atoms with E-state index in [-0.39, 0.29) is 22.2 Å². The molecule has 0 aliphatic heterocycles. The molecule has 0 bridgehead atoms. The van der Waals surface area contributed by atoms with Crippen LogP contribution in [0, 0.1) is 0 Å². The van der Waals surface area contributed by atoms with E-state index < -0.39 is 11.9 Å². The van der Waals surface area contributed by atoms with E-state index in [1.54, 1.807) is 12.1 Å². The van der Waals surface area contributed by atoms with Crippen LogP contribution in [0.2, 0.25) is 10.0 Å². The minimum absolute atomic E-state index is 0.00834. The van der Waals surface area contributed by atoms with Crippen molar-refractivity contribution in [2.45, 2.75) is 32.9 Å². The second kappa shape index (κ2) is 9.58. The fourth-order valence-electron chi connectivity index (χ4n) is 2.56. The Balaban J connectivity index is 2.11. The Labute approximate surface area is 166 Å². The summed E-state index contributed by atoms with van der Waals surface area (Å²) in [7, 11) is 1.33. The van der Waals surface area contributed by atoms with Crippen LogP contribution >= 0.6 is 23.2 Å². The maximum absolute atomic E-state index is 12.4. The minimum Gasteiger partial charge on any atom is -0.465 e. The van der Waals surface area contributed by atoms with Gasteiger partial charge in [0.1, 0.15) is 11.6 Å². The molecule has 1 aromatic heterocycles. The second-order valence-corrected chi connectivity index (χ2v) is 6.63. The Morgan fingerprint density at radius 1 is 1.11 bits per heavy atom. The smallest absolute Gasteiger partial charge is 0.337 e. The normalized spacial score (nSPS) is 10.5. The molecule has 1 heterocycles. The van der Waals surface area contributed by atoms with E-state index in [1.165, 1.54) is 24.7 Å². The highest BCUT2D eigenvalue weighted by Gasteiger charge is 2.14. The maximum Gasteiger partial charge on any atom is 0.337 e. The largest absolute Gasteiger partial charge is 0.465 e. The first-order valence-corrected chi connectivity index (χ1v) is 8.97. The molecule has 8 heteroatoms. The lowest BCUT2D eigenvalue weighted by atomic mass is 10.1. The molecular formula is C19H19Cl2NO5. The number of halogens is 2. The van der Waals surface area contributed by atoms with E-state index in [4.69, 9.17) is 27.9 Å². The van der Waals surface area contributed by atoms with Gasteiger partial charge < -0.3 is 14.0 Å². The lowest BCUT2D eigenvalue weighted by molar-refractivity contribution is -0.142. The summed E-state index contributed by atoms with van der Waals surface area (Å²) in [5.74, 6) is -0.859. The van der Waals surface area contributed by atoms with Crippen molar-refractivity contribution < 1.29 is 19.1 Å². The zero-order valence-corrected chi connectivity index (χ0v) is 16.5. The van der Waals surface area contributed by atoms with Gasteiger partial charge in [-0.3, -0.25) is 9.59 Å². The molecule has 0 N–H and O–H groups in total. The number of carbonyl (C=O) groups excluding carboxylic acids is 2. The van der Waals surface area contributed by atoms with Gasteiger partial charge in [0, 0.05) is 13.5 Å². The molecule has 2 rings (SSSR count). The molecule has 0 radical (unpaired) electrons. The zero-order valence-electron chi connectivity index (χ0n) is 15.0. The first-order chi connectivity index (χ1) is 12.8. The Kier molecular flexibility index (Phi) is 7.45. The van der Waals surface area contributed by atoms with Crippen LogP contribution in [-0.2, 0) is 33.8 Å². The molecular weight excluding hydrogens is 393 g/mol. The Hall–Kier alpha value is -2.31.